The number of likely N-dealkylation sites (tertiary alicyclic amines) is 1. The molecule has 148 valence electrons. The molecule has 1 aliphatic rings. The Bertz CT molecular complexity index is 812. The maximum atomic E-state index is 12.7. The molecule has 2 N–H and O–H groups in total. The molecule has 1 aromatic heterocycles. The minimum absolute atomic E-state index is 0.0232. The van der Waals surface area contributed by atoms with Gasteiger partial charge < -0.3 is 20.3 Å². The van der Waals surface area contributed by atoms with Crippen LogP contribution in [0.1, 0.15) is 35.3 Å². The molecule has 1 aliphatic heterocycles. The molecule has 1 aromatic carbocycles. The summed E-state index contributed by atoms with van der Waals surface area (Å²) >= 11 is 0. The van der Waals surface area contributed by atoms with Crippen LogP contribution in [-0.4, -0.2) is 48.6 Å². The van der Waals surface area contributed by atoms with Gasteiger partial charge in [-0.05, 0) is 42.2 Å². The van der Waals surface area contributed by atoms with Crippen LogP contribution >= 0.6 is 0 Å². The number of hydrogen-bond donors (Lipinski definition) is 2. The highest BCUT2D eigenvalue weighted by molar-refractivity contribution is 5.93. The van der Waals surface area contributed by atoms with Crippen molar-refractivity contribution in [2.75, 3.05) is 26.7 Å². The Morgan fingerprint density at radius 3 is 2.79 bits per heavy atom. The van der Waals surface area contributed by atoms with E-state index in [2.05, 4.69) is 22.5 Å². The van der Waals surface area contributed by atoms with Crippen LogP contribution in [0.25, 0.3) is 0 Å². The van der Waals surface area contributed by atoms with Gasteiger partial charge in [-0.25, -0.2) is 4.79 Å². The molecular formula is C21H26N4O3. The summed E-state index contributed by atoms with van der Waals surface area (Å²) in [4.78, 5) is 30.5. The molecule has 0 saturated carbocycles. The quantitative estimate of drug-likeness (QED) is 0.753. The third-order valence-corrected chi connectivity index (χ3v) is 4.86. The maximum absolute atomic E-state index is 12.7. The zero-order valence-electron chi connectivity index (χ0n) is 16.2. The second kappa shape index (κ2) is 9.21. The van der Waals surface area contributed by atoms with Crippen LogP contribution in [0, 0.1) is 5.92 Å². The Hall–Kier alpha value is -3.09. The van der Waals surface area contributed by atoms with E-state index in [-0.39, 0.29) is 18.0 Å². The number of benzene rings is 1. The van der Waals surface area contributed by atoms with E-state index < -0.39 is 0 Å². The molecule has 2 atom stereocenters. The third-order valence-electron chi connectivity index (χ3n) is 4.86. The Morgan fingerprint density at radius 2 is 2.04 bits per heavy atom. The van der Waals surface area contributed by atoms with E-state index in [9.17, 15) is 9.59 Å². The van der Waals surface area contributed by atoms with Crippen LogP contribution in [-0.2, 0) is 0 Å². The molecule has 28 heavy (non-hydrogen) atoms. The van der Waals surface area contributed by atoms with Gasteiger partial charge in [0.1, 0.15) is 5.75 Å². The van der Waals surface area contributed by atoms with Crippen molar-refractivity contribution < 1.29 is 14.3 Å². The van der Waals surface area contributed by atoms with Gasteiger partial charge >= 0.3 is 6.03 Å². The second-order valence-electron chi connectivity index (χ2n) is 7.02. The van der Waals surface area contributed by atoms with Gasteiger partial charge in [0, 0.05) is 32.0 Å². The Balaban J connectivity index is 1.53. The molecular weight excluding hydrogens is 356 g/mol. The predicted molar refractivity (Wildman–Crippen MR) is 106 cm³/mol. The number of ether oxygens (including phenoxy) is 1. The lowest BCUT2D eigenvalue weighted by Gasteiger charge is -2.25. The summed E-state index contributed by atoms with van der Waals surface area (Å²) < 4.78 is 5.31. The lowest BCUT2D eigenvalue weighted by Crippen LogP contribution is -2.43. The van der Waals surface area contributed by atoms with Crippen LogP contribution in [0.4, 0.5) is 4.79 Å². The summed E-state index contributed by atoms with van der Waals surface area (Å²) in [6.07, 6.45) is 4.05. The highest BCUT2D eigenvalue weighted by Crippen LogP contribution is 2.36. The van der Waals surface area contributed by atoms with Gasteiger partial charge in [-0.1, -0.05) is 19.1 Å². The van der Waals surface area contributed by atoms with E-state index in [0.29, 0.717) is 31.1 Å². The lowest BCUT2D eigenvalue weighted by atomic mass is 10.0. The van der Waals surface area contributed by atoms with Crippen LogP contribution < -0.4 is 15.4 Å². The van der Waals surface area contributed by atoms with E-state index >= 15 is 0 Å². The molecule has 3 amide bonds. The first kappa shape index (κ1) is 19.7. The van der Waals surface area contributed by atoms with E-state index in [0.717, 1.165) is 17.7 Å². The summed E-state index contributed by atoms with van der Waals surface area (Å²) in [5, 5.41) is 5.69. The average Bonchev–Trinajstić information content (AvgIpc) is 3.13. The standard InChI is InChI=1S/C21H26N4O3/c1-15-11-19(16-5-3-7-18(12-16)28-2)25(14-15)21(27)24-10-9-23-20(26)17-6-4-8-22-13-17/h3-8,12-13,15,19H,9-11,14H2,1-2H3,(H,23,26)(H,24,27). The molecule has 7 nitrogen and oxygen atoms in total. The summed E-state index contributed by atoms with van der Waals surface area (Å²) in [6.45, 7) is 3.57. The van der Waals surface area contributed by atoms with E-state index in [4.69, 9.17) is 4.74 Å². The Morgan fingerprint density at radius 1 is 1.21 bits per heavy atom. The normalized spacial score (nSPS) is 18.6. The molecule has 0 spiro atoms. The van der Waals surface area contributed by atoms with E-state index in [1.165, 1.54) is 6.20 Å². The molecule has 2 heterocycles. The summed E-state index contributed by atoms with van der Waals surface area (Å²) in [6, 6.07) is 11.2. The molecule has 3 rings (SSSR count). The smallest absolute Gasteiger partial charge is 0.317 e. The van der Waals surface area contributed by atoms with Crippen molar-refractivity contribution in [3.8, 4) is 5.75 Å². The van der Waals surface area contributed by atoms with Gasteiger partial charge in [-0.2, -0.15) is 0 Å². The van der Waals surface area contributed by atoms with E-state index in [1.54, 1.807) is 25.4 Å². The molecule has 0 aliphatic carbocycles. The summed E-state index contributed by atoms with van der Waals surface area (Å²) in [5.41, 5.74) is 1.57. The highest BCUT2D eigenvalue weighted by atomic mass is 16.5. The number of rotatable bonds is 6. The number of carbonyl (C=O) groups excluding carboxylic acids is 2. The topological polar surface area (TPSA) is 83.6 Å². The van der Waals surface area contributed by atoms with Crippen molar-refractivity contribution in [2.24, 2.45) is 5.92 Å². The van der Waals surface area contributed by atoms with Crippen LogP contribution in [0.5, 0.6) is 5.75 Å². The number of aromatic nitrogens is 1. The van der Waals surface area contributed by atoms with Crippen LogP contribution in [0.15, 0.2) is 48.8 Å². The number of carbonyl (C=O) groups is 2. The van der Waals surface area contributed by atoms with Crippen molar-refractivity contribution in [3.05, 3.63) is 59.9 Å². The first-order chi connectivity index (χ1) is 13.6. The number of urea groups is 1. The minimum Gasteiger partial charge on any atom is -0.497 e. The first-order valence-electron chi connectivity index (χ1n) is 9.45. The van der Waals surface area contributed by atoms with E-state index in [1.807, 2.05) is 29.2 Å². The Labute approximate surface area is 165 Å². The fourth-order valence-electron chi connectivity index (χ4n) is 3.48. The van der Waals surface area contributed by atoms with Crippen molar-refractivity contribution in [2.45, 2.75) is 19.4 Å². The highest BCUT2D eigenvalue weighted by Gasteiger charge is 2.34. The molecule has 0 radical (unpaired) electrons. The zero-order chi connectivity index (χ0) is 19.9. The van der Waals surface area contributed by atoms with Gasteiger partial charge in [0.05, 0.1) is 18.7 Å². The molecule has 1 fully saturated rings. The number of hydrogen-bond acceptors (Lipinski definition) is 4. The number of pyridine rings is 1. The van der Waals surface area contributed by atoms with Gasteiger partial charge in [-0.3, -0.25) is 9.78 Å². The monoisotopic (exact) mass is 382 g/mol. The van der Waals surface area contributed by atoms with Gasteiger partial charge in [0.15, 0.2) is 0 Å². The SMILES string of the molecule is COc1cccc(C2CC(C)CN2C(=O)NCCNC(=O)c2cccnc2)c1. The van der Waals surface area contributed by atoms with Gasteiger partial charge in [-0.15, -0.1) is 0 Å². The Kier molecular flexibility index (Phi) is 6.47. The zero-order valence-corrected chi connectivity index (χ0v) is 16.2. The summed E-state index contributed by atoms with van der Waals surface area (Å²) in [7, 11) is 1.64. The molecule has 0 bridgehead atoms. The van der Waals surface area contributed by atoms with Crippen molar-refractivity contribution >= 4 is 11.9 Å². The number of amides is 3. The largest absolute Gasteiger partial charge is 0.497 e. The molecule has 2 aromatic rings. The first-order valence-corrected chi connectivity index (χ1v) is 9.45. The fraction of sp³-hybridized carbons (Fsp3) is 0.381. The third kappa shape index (κ3) is 4.79. The predicted octanol–water partition coefficient (Wildman–Crippen LogP) is 2.61. The maximum Gasteiger partial charge on any atom is 0.317 e. The van der Waals surface area contributed by atoms with Crippen molar-refractivity contribution in [3.63, 3.8) is 0 Å². The molecule has 1 saturated heterocycles. The number of nitrogens with zero attached hydrogens (tertiary/aromatic N) is 2. The number of nitrogens with one attached hydrogen (secondary N) is 2. The van der Waals surface area contributed by atoms with Crippen LogP contribution in [0.2, 0.25) is 0 Å². The fourth-order valence-corrected chi connectivity index (χ4v) is 3.48. The summed E-state index contributed by atoms with van der Waals surface area (Å²) in [5.74, 6) is 1.01. The minimum atomic E-state index is -0.202. The van der Waals surface area contributed by atoms with Crippen molar-refractivity contribution in [1.82, 2.24) is 20.5 Å². The average molecular weight is 382 g/mol. The second-order valence-corrected chi connectivity index (χ2v) is 7.02. The molecule has 2 unspecified atom stereocenters. The van der Waals surface area contributed by atoms with Gasteiger partial charge in [0.25, 0.3) is 5.91 Å². The number of methoxy groups -OCH3 is 1. The van der Waals surface area contributed by atoms with Crippen LogP contribution in [0.3, 0.4) is 0 Å². The van der Waals surface area contributed by atoms with Crippen molar-refractivity contribution in [1.29, 1.82) is 0 Å². The van der Waals surface area contributed by atoms with Gasteiger partial charge in [0.2, 0.25) is 0 Å². The molecule has 7 heteroatoms. The lowest BCUT2D eigenvalue weighted by molar-refractivity contribution is 0.0953.